The Bertz CT molecular complexity index is 1690. The van der Waals surface area contributed by atoms with Gasteiger partial charge in [-0.15, -0.1) is 0 Å². The predicted octanol–water partition coefficient (Wildman–Crippen LogP) is 4.55. The molecule has 1 aromatic rings. The molecule has 4 heterocycles. The number of allylic oxidation sites excluding steroid dienone is 4. The van der Waals surface area contributed by atoms with Gasteiger partial charge in [0.2, 0.25) is 5.91 Å². The number of aliphatic imine (C=N–C) groups is 1. The molecule has 1 atom stereocenters. The minimum absolute atomic E-state index is 0.117. The fraction of sp³-hybridized carbons (Fsp3) is 0.343. The molecular weight excluding hydrogens is 572 g/mol. The standard InChI is InChI=1S/C35H40N4O6/c1-9-22-21(6)34(42)39-29(22)16-27-20(5)25(12-14-33(41)45-8)31(37-27)17-30-24(11-13-32(40)44-7)19(4)26(36-30)15-28-18(3)23(10-2)35(43)38-28/h9-10,15,17,29,37H,1-2,11-14,16H2,3-8H3,(H,38,43)(H,39,42)/b28-15-,30-17-/t29-/m1/s1. The monoisotopic (exact) mass is 612 g/mol. The van der Waals surface area contributed by atoms with Crippen molar-refractivity contribution in [2.75, 3.05) is 14.2 Å². The van der Waals surface area contributed by atoms with E-state index in [0.717, 1.165) is 44.8 Å². The van der Waals surface area contributed by atoms with E-state index in [1.54, 1.807) is 13.0 Å². The topological polar surface area (TPSA) is 139 Å². The normalized spacial score (nSPS) is 19.9. The number of H-pyrrole nitrogens is 1. The van der Waals surface area contributed by atoms with Crippen LogP contribution in [-0.4, -0.2) is 54.7 Å². The van der Waals surface area contributed by atoms with E-state index in [1.807, 2.05) is 32.9 Å². The third kappa shape index (κ3) is 6.74. The minimum atomic E-state index is -0.337. The molecule has 236 valence electrons. The van der Waals surface area contributed by atoms with Gasteiger partial charge in [-0.2, -0.15) is 0 Å². The van der Waals surface area contributed by atoms with Gasteiger partial charge < -0.3 is 25.1 Å². The number of amides is 2. The van der Waals surface area contributed by atoms with Crippen LogP contribution in [0.2, 0.25) is 0 Å². The van der Waals surface area contributed by atoms with Crippen LogP contribution >= 0.6 is 0 Å². The molecule has 45 heavy (non-hydrogen) atoms. The first kappa shape index (κ1) is 32.9. The van der Waals surface area contributed by atoms with Crippen molar-refractivity contribution in [3.8, 4) is 0 Å². The Morgan fingerprint density at radius 1 is 0.889 bits per heavy atom. The molecule has 10 heteroatoms. The number of aromatic nitrogens is 1. The first-order valence-electron chi connectivity index (χ1n) is 14.8. The molecule has 1 aromatic heterocycles. The molecule has 4 rings (SSSR count). The second-order valence-electron chi connectivity index (χ2n) is 11.2. The van der Waals surface area contributed by atoms with Crippen LogP contribution in [0.25, 0.3) is 6.08 Å². The lowest BCUT2D eigenvalue weighted by Crippen LogP contribution is -2.30. The maximum atomic E-state index is 12.4. The third-order valence-corrected chi connectivity index (χ3v) is 8.67. The summed E-state index contributed by atoms with van der Waals surface area (Å²) in [6.07, 6.45) is 8.68. The number of rotatable bonds is 12. The van der Waals surface area contributed by atoms with E-state index in [0.29, 0.717) is 47.5 Å². The summed E-state index contributed by atoms with van der Waals surface area (Å²) < 4.78 is 9.81. The highest BCUT2D eigenvalue weighted by Crippen LogP contribution is 2.34. The highest BCUT2D eigenvalue weighted by atomic mass is 16.5. The zero-order valence-corrected chi connectivity index (χ0v) is 26.7. The zero-order valence-electron chi connectivity index (χ0n) is 26.7. The molecule has 3 aliphatic rings. The number of carbonyl (C=O) groups excluding carboxylic acids is 4. The van der Waals surface area contributed by atoms with Gasteiger partial charge in [-0.3, -0.25) is 19.2 Å². The van der Waals surface area contributed by atoms with E-state index in [2.05, 4.69) is 28.8 Å². The highest BCUT2D eigenvalue weighted by molar-refractivity contribution is 6.14. The first-order chi connectivity index (χ1) is 21.4. The van der Waals surface area contributed by atoms with Gasteiger partial charge >= 0.3 is 11.9 Å². The summed E-state index contributed by atoms with van der Waals surface area (Å²) in [5, 5.41) is 5.91. The van der Waals surface area contributed by atoms with Crippen LogP contribution < -0.4 is 10.6 Å². The smallest absolute Gasteiger partial charge is 0.305 e. The van der Waals surface area contributed by atoms with Crippen molar-refractivity contribution in [1.82, 2.24) is 15.6 Å². The average Bonchev–Trinajstić information content (AvgIpc) is 3.66. The van der Waals surface area contributed by atoms with Crippen molar-refractivity contribution in [2.45, 2.75) is 65.8 Å². The maximum absolute atomic E-state index is 12.4. The molecular formula is C35H40N4O6. The number of nitrogens with one attached hydrogen (secondary N) is 3. The van der Waals surface area contributed by atoms with Gasteiger partial charge in [-0.25, -0.2) is 4.99 Å². The van der Waals surface area contributed by atoms with Gasteiger partial charge in [0.15, 0.2) is 0 Å². The number of ether oxygens (including phenoxy) is 2. The zero-order chi connectivity index (χ0) is 33.0. The SMILES string of the molecule is C=CC1=C(C)/C(=C/C2=NC(=C\c3[nH]c(C[C@H]4NC(=O)C(C)=C4C=C)c(C)c3CCC(=O)OC)/C(CCC(=O)OC)=C2C)NC1=O. The quantitative estimate of drug-likeness (QED) is 0.296. The molecule has 10 nitrogen and oxygen atoms in total. The summed E-state index contributed by atoms with van der Waals surface area (Å²) in [6, 6.07) is -0.236. The number of aromatic amines is 1. The molecule has 0 aliphatic carbocycles. The fourth-order valence-electron chi connectivity index (χ4n) is 5.89. The van der Waals surface area contributed by atoms with E-state index in [4.69, 9.17) is 14.5 Å². The molecule has 0 radical (unpaired) electrons. The summed E-state index contributed by atoms with van der Waals surface area (Å²) in [7, 11) is 2.72. The molecule has 0 fully saturated rings. The molecule has 0 aromatic carbocycles. The number of nitrogens with zero attached hydrogens (tertiary/aromatic N) is 1. The summed E-state index contributed by atoms with van der Waals surface area (Å²) in [5.74, 6) is -0.998. The highest BCUT2D eigenvalue weighted by Gasteiger charge is 2.30. The lowest BCUT2D eigenvalue weighted by Gasteiger charge is -2.13. The van der Waals surface area contributed by atoms with Gasteiger partial charge in [0.05, 0.1) is 31.7 Å². The van der Waals surface area contributed by atoms with Crippen LogP contribution in [-0.2, 0) is 41.5 Å². The third-order valence-electron chi connectivity index (χ3n) is 8.67. The van der Waals surface area contributed by atoms with E-state index in [1.165, 1.54) is 20.3 Å². The van der Waals surface area contributed by atoms with Crippen molar-refractivity contribution < 1.29 is 28.7 Å². The second kappa shape index (κ2) is 13.8. The summed E-state index contributed by atoms with van der Waals surface area (Å²) in [4.78, 5) is 57.5. The van der Waals surface area contributed by atoms with Gasteiger partial charge in [-0.1, -0.05) is 25.3 Å². The molecule has 0 saturated heterocycles. The Morgan fingerprint density at radius 2 is 1.56 bits per heavy atom. The summed E-state index contributed by atoms with van der Waals surface area (Å²) >= 11 is 0. The summed E-state index contributed by atoms with van der Waals surface area (Å²) in [6.45, 7) is 15.2. The van der Waals surface area contributed by atoms with E-state index >= 15 is 0 Å². The Kier molecular flexibility index (Phi) is 10.1. The van der Waals surface area contributed by atoms with Crippen LogP contribution in [0.4, 0.5) is 0 Å². The van der Waals surface area contributed by atoms with Gasteiger partial charge in [-0.05, 0) is 86.1 Å². The van der Waals surface area contributed by atoms with Crippen molar-refractivity contribution in [2.24, 2.45) is 4.99 Å². The van der Waals surface area contributed by atoms with E-state index in [9.17, 15) is 19.2 Å². The van der Waals surface area contributed by atoms with E-state index in [-0.39, 0.29) is 42.6 Å². The average molecular weight is 613 g/mol. The fourth-order valence-corrected chi connectivity index (χ4v) is 5.89. The minimum Gasteiger partial charge on any atom is -0.469 e. The molecule has 0 unspecified atom stereocenters. The number of hydrogen-bond acceptors (Lipinski definition) is 7. The van der Waals surface area contributed by atoms with Crippen molar-refractivity contribution in [3.63, 3.8) is 0 Å². The van der Waals surface area contributed by atoms with Gasteiger partial charge in [0.25, 0.3) is 5.91 Å². The van der Waals surface area contributed by atoms with Crippen LogP contribution in [0, 0.1) is 6.92 Å². The van der Waals surface area contributed by atoms with Crippen LogP contribution in [0.5, 0.6) is 0 Å². The Balaban J connectivity index is 1.80. The molecule has 0 spiro atoms. The number of hydrogen-bond donors (Lipinski definition) is 3. The van der Waals surface area contributed by atoms with Crippen molar-refractivity contribution >= 4 is 35.5 Å². The van der Waals surface area contributed by atoms with Crippen LogP contribution in [0.1, 0.15) is 62.5 Å². The second-order valence-corrected chi connectivity index (χ2v) is 11.2. The van der Waals surface area contributed by atoms with Crippen molar-refractivity contribution in [1.29, 1.82) is 0 Å². The van der Waals surface area contributed by atoms with E-state index < -0.39 is 0 Å². The molecule has 0 saturated carbocycles. The largest absolute Gasteiger partial charge is 0.469 e. The first-order valence-corrected chi connectivity index (χ1v) is 14.8. The number of methoxy groups -OCH3 is 2. The number of esters is 2. The van der Waals surface area contributed by atoms with Crippen LogP contribution in [0.3, 0.4) is 0 Å². The summed E-state index contributed by atoms with van der Waals surface area (Å²) in [5.41, 5.74) is 10.1. The Hall–Kier alpha value is -4.99. The Labute approximate surface area is 263 Å². The number of carbonyl (C=O) groups is 4. The van der Waals surface area contributed by atoms with Crippen LogP contribution in [0.15, 0.2) is 81.2 Å². The Morgan fingerprint density at radius 3 is 2.16 bits per heavy atom. The lowest BCUT2D eigenvalue weighted by molar-refractivity contribution is -0.141. The maximum Gasteiger partial charge on any atom is 0.305 e. The van der Waals surface area contributed by atoms with Crippen molar-refractivity contribution in [3.05, 3.63) is 98.7 Å². The molecule has 0 bridgehead atoms. The molecule has 2 amide bonds. The van der Waals surface area contributed by atoms with Gasteiger partial charge in [0.1, 0.15) is 0 Å². The van der Waals surface area contributed by atoms with Gasteiger partial charge in [0, 0.05) is 47.5 Å². The molecule has 3 N–H and O–H groups in total. The molecule has 3 aliphatic heterocycles. The predicted molar refractivity (Wildman–Crippen MR) is 173 cm³/mol. The lowest BCUT2D eigenvalue weighted by atomic mass is 9.97.